The molecule has 0 saturated heterocycles. The third-order valence-corrected chi connectivity index (χ3v) is 3.41. The molecule has 0 radical (unpaired) electrons. The standard InChI is InChI=1S/C15H10N4O/c20-15-12-4-2-1-3-9(12)13(18-19-15)10-5-7-16-14-11(10)6-8-17-14/h1-8H,(H,16,17)(H,19,20). The summed E-state index contributed by atoms with van der Waals surface area (Å²) in [4.78, 5) is 19.2. The number of nitrogens with zero attached hydrogens (tertiary/aromatic N) is 2. The van der Waals surface area contributed by atoms with Crippen molar-refractivity contribution in [1.29, 1.82) is 0 Å². The van der Waals surface area contributed by atoms with E-state index in [9.17, 15) is 4.79 Å². The number of aromatic amines is 2. The molecule has 20 heavy (non-hydrogen) atoms. The molecule has 2 N–H and O–H groups in total. The molecule has 0 saturated carbocycles. The minimum atomic E-state index is -0.177. The minimum Gasteiger partial charge on any atom is -0.346 e. The van der Waals surface area contributed by atoms with Gasteiger partial charge in [-0.3, -0.25) is 4.79 Å². The van der Waals surface area contributed by atoms with Crippen molar-refractivity contribution in [3.05, 3.63) is 59.1 Å². The van der Waals surface area contributed by atoms with Crippen LogP contribution in [0.4, 0.5) is 0 Å². The molecule has 4 aromatic rings. The van der Waals surface area contributed by atoms with Crippen molar-refractivity contribution in [2.45, 2.75) is 0 Å². The first-order valence-corrected chi connectivity index (χ1v) is 6.24. The second-order valence-corrected chi connectivity index (χ2v) is 4.55. The number of rotatable bonds is 1. The van der Waals surface area contributed by atoms with Gasteiger partial charge in [-0.1, -0.05) is 18.2 Å². The van der Waals surface area contributed by atoms with Crippen molar-refractivity contribution in [3.63, 3.8) is 0 Å². The van der Waals surface area contributed by atoms with E-state index in [1.807, 2.05) is 36.5 Å². The van der Waals surface area contributed by atoms with Gasteiger partial charge in [0, 0.05) is 28.7 Å². The van der Waals surface area contributed by atoms with Crippen molar-refractivity contribution in [3.8, 4) is 11.3 Å². The van der Waals surface area contributed by atoms with E-state index in [-0.39, 0.29) is 5.56 Å². The molecule has 0 fully saturated rings. The molecule has 0 unspecified atom stereocenters. The maximum Gasteiger partial charge on any atom is 0.272 e. The van der Waals surface area contributed by atoms with Gasteiger partial charge in [-0.05, 0) is 18.2 Å². The zero-order chi connectivity index (χ0) is 13.5. The maximum atomic E-state index is 11.8. The predicted octanol–water partition coefficient (Wildman–Crippen LogP) is 2.47. The average Bonchev–Trinajstić information content (AvgIpc) is 2.97. The molecule has 0 aliphatic carbocycles. The SMILES string of the molecule is O=c1[nH]nc(-c2ccnc3[nH]ccc23)c2ccccc12. The Kier molecular flexibility index (Phi) is 2.20. The van der Waals surface area contributed by atoms with Crippen molar-refractivity contribution in [2.24, 2.45) is 0 Å². The highest BCUT2D eigenvalue weighted by Crippen LogP contribution is 2.29. The lowest BCUT2D eigenvalue weighted by Crippen LogP contribution is -2.09. The molecule has 0 bridgehead atoms. The first kappa shape index (κ1) is 10.9. The van der Waals surface area contributed by atoms with Gasteiger partial charge in [-0.2, -0.15) is 5.10 Å². The summed E-state index contributed by atoms with van der Waals surface area (Å²) in [7, 11) is 0. The van der Waals surface area contributed by atoms with Gasteiger partial charge < -0.3 is 4.98 Å². The number of hydrogen-bond donors (Lipinski definition) is 2. The molecule has 4 rings (SSSR count). The lowest BCUT2D eigenvalue weighted by Gasteiger charge is -2.05. The van der Waals surface area contributed by atoms with Gasteiger partial charge in [0.1, 0.15) is 5.65 Å². The van der Waals surface area contributed by atoms with Crippen LogP contribution in [0.1, 0.15) is 0 Å². The van der Waals surface area contributed by atoms with E-state index in [2.05, 4.69) is 20.2 Å². The average molecular weight is 262 g/mol. The van der Waals surface area contributed by atoms with Crippen molar-refractivity contribution in [2.75, 3.05) is 0 Å². The van der Waals surface area contributed by atoms with E-state index < -0.39 is 0 Å². The number of aromatic nitrogens is 4. The largest absolute Gasteiger partial charge is 0.346 e. The molecule has 5 nitrogen and oxygen atoms in total. The zero-order valence-electron chi connectivity index (χ0n) is 10.4. The van der Waals surface area contributed by atoms with Gasteiger partial charge in [0.2, 0.25) is 0 Å². The van der Waals surface area contributed by atoms with Crippen molar-refractivity contribution >= 4 is 21.8 Å². The Bertz CT molecular complexity index is 984. The number of hydrogen-bond acceptors (Lipinski definition) is 3. The van der Waals surface area contributed by atoms with Gasteiger partial charge in [0.05, 0.1) is 11.1 Å². The molecule has 0 atom stereocenters. The lowest BCUT2D eigenvalue weighted by atomic mass is 10.0. The fourth-order valence-corrected chi connectivity index (χ4v) is 2.49. The normalized spacial score (nSPS) is 11.2. The summed E-state index contributed by atoms with van der Waals surface area (Å²) in [6, 6.07) is 11.3. The fraction of sp³-hybridized carbons (Fsp3) is 0. The molecule has 3 aromatic heterocycles. The predicted molar refractivity (Wildman–Crippen MR) is 77.5 cm³/mol. The van der Waals surface area contributed by atoms with Crippen LogP contribution in [-0.2, 0) is 0 Å². The maximum absolute atomic E-state index is 11.8. The molecular formula is C15H10N4O. The highest BCUT2D eigenvalue weighted by atomic mass is 16.1. The molecule has 0 amide bonds. The first-order chi connectivity index (χ1) is 9.84. The van der Waals surface area contributed by atoms with Crippen LogP contribution in [0.5, 0.6) is 0 Å². The number of H-pyrrole nitrogens is 2. The van der Waals surface area contributed by atoms with Gasteiger partial charge in [0.25, 0.3) is 5.56 Å². The fourth-order valence-electron chi connectivity index (χ4n) is 2.49. The third-order valence-electron chi connectivity index (χ3n) is 3.41. The lowest BCUT2D eigenvalue weighted by molar-refractivity contribution is 1.02. The highest BCUT2D eigenvalue weighted by Gasteiger charge is 2.11. The highest BCUT2D eigenvalue weighted by molar-refractivity contribution is 6.01. The number of fused-ring (bicyclic) bond motifs is 2. The van der Waals surface area contributed by atoms with Crippen LogP contribution < -0.4 is 5.56 Å². The van der Waals surface area contributed by atoms with Crippen LogP contribution in [0.2, 0.25) is 0 Å². The smallest absolute Gasteiger partial charge is 0.272 e. The van der Waals surface area contributed by atoms with E-state index >= 15 is 0 Å². The van der Waals surface area contributed by atoms with Crippen LogP contribution in [0.15, 0.2) is 53.6 Å². The van der Waals surface area contributed by atoms with Crippen LogP contribution >= 0.6 is 0 Å². The molecule has 1 aromatic carbocycles. The Morgan fingerprint density at radius 1 is 0.950 bits per heavy atom. The van der Waals surface area contributed by atoms with E-state index in [1.165, 1.54) is 0 Å². The number of pyridine rings is 1. The summed E-state index contributed by atoms with van der Waals surface area (Å²) in [5, 5.41) is 9.25. The Labute approximate surface area is 113 Å². The summed E-state index contributed by atoms with van der Waals surface area (Å²) in [5.74, 6) is 0. The van der Waals surface area contributed by atoms with Gasteiger partial charge >= 0.3 is 0 Å². The molecule has 3 heterocycles. The van der Waals surface area contributed by atoms with Gasteiger partial charge in [0.15, 0.2) is 0 Å². The van der Waals surface area contributed by atoms with Crippen LogP contribution in [0.3, 0.4) is 0 Å². The third kappa shape index (κ3) is 1.46. The van der Waals surface area contributed by atoms with Crippen molar-refractivity contribution in [1.82, 2.24) is 20.2 Å². The number of benzene rings is 1. The Morgan fingerprint density at radius 2 is 1.80 bits per heavy atom. The summed E-state index contributed by atoms with van der Waals surface area (Å²) in [6.07, 6.45) is 3.57. The monoisotopic (exact) mass is 262 g/mol. The summed E-state index contributed by atoms with van der Waals surface area (Å²) >= 11 is 0. The molecule has 0 aliphatic rings. The van der Waals surface area contributed by atoms with E-state index in [0.717, 1.165) is 27.7 Å². The Morgan fingerprint density at radius 3 is 2.70 bits per heavy atom. The van der Waals surface area contributed by atoms with Crippen LogP contribution in [0.25, 0.3) is 33.1 Å². The first-order valence-electron chi connectivity index (χ1n) is 6.24. The summed E-state index contributed by atoms with van der Waals surface area (Å²) in [5.41, 5.74) is 2.33. The van der Waals surface area contributed by atoms with Crippen LogP contribution in [-0.4, -0.2) is 20.2 Å². The van der Waals surface area contributed by atoms with E-state index in [1.54, 1.807) is 12.3 Å². The quantitative estimate of drug-likeness (QED) is 0.553. The van der Waals surface area contributed by atoms with E-state index in [0.29, 0.717) is 5.39 Å². The van der Waals surface area contributed by atoms with E-state index in [4.69, 9.17) is 0 Å². The molecule has 96 valence electrons. The zero-order valence-corrected chi connectivity index (χ0v) is 10.4. The minimum absolute atomic E-state index is 0.177. The molecule has 0 aliphatic heterocycles. The summed E-state index contributed by atoms with van der Waals surface area (Å²) in [6.45, 7) is 0. The molecule has 5 heteroatoms. The second kappa shape index (κ2) is 4.03. The van der Waals surface area contributed by atoms with Gasteiger partial charge in [-0.25, -0.2) is 10.1 Å². The molecule has 0 spiro atoms. The van der Waals surface area contributed by atoms with Gasteiger partial charge in [-0.15, -0.1) is 0 Å². The Balaban J connectivity index is 2.16. The Hall–Kier alpha value is -2.95. The van der Waals surface area contributed by atoms with Crippen LogP contribution in [0, 0.1) is 0 Å². The topological polar surface area (TPSA) is 74.4 Å². The molecular weight excluding hydrogens is 252 g/mol. The second-order valence-electron chi connectivity index (χ2n) is 4.55. The number of nitrogens with one attached hydrogen (secondary N) is 2. The summed E-state index contributed by atoms with van der Waals surface area (Å²) < 4.78 is 0. The van der Waals surface area contributed by atoms with Crippen molar-refractivity contribution < 1.29 is 0 Å².